The molecule has 5 nitrogen and oxygen atoms in total. The number of carbonyl (C=O) groups excluding carboxylic acids is 1. The maximum Gasteiger partial charge on any atom is 0.256 e. The molecule has 1 aromatic rings. The first-order chi connectivity index (χ1) is 7.99. The van der Waals surface area contributed by atoms with Crippen LogP contribution < -0.4 is 5.73 Å². The predicted molar refractivity (Wildman–Crippen MR) is 58.7 cm³/mol. The van der Waals surface area contributed by atoms with Crippen molar-refractivity contribution in [2.24, 2.45) is 0 Å². The summed E-state index contributed by atoms with van der Waals surface area (Å²) in [5.74, 6) is -1.04. The molecule has 0 unspecified atom stereocenters. The highest BCUT2D eigenvalue weighted by molar-refractivity contribution is 5.99. The highest BCUT2D eigenvalue weighted by atomic mass is 19.1. The number of rotatable bonds is 1. The summed E-state index contributed by atoms with van der Waals surface area (Å²) in [6, 6.07) is 3.53. The number of nitrogens with two attached hydrogens (primary N) is 1. The van der Waals surface area contributed by atoms with Crippen molar-refractivity contribution in [3.63, 3.8) is 0 Å². The van der Waals surface area contributed by atoms with Crippen LogP contribution >= 0.6 is 0 Å². The number of carbonyl (C=O) groups is 1. The van der Waals surface area contributed by atoms with Gasteiger partial charge in [-0.1, -0.05) is 0 Å². The highest BCUT2D eigenvalue weighted by Gasteiger charge is 2.33. The Bertz CT molecular complexity index is 442. The Labute approximate surface area is 97.3 Å². The van der Waals surface area contributed by atoms with Crippen LogP contribution in [0.5, 0.6) is 0 Å². The van der Waals surface area contributed by atoms with E-state index in [2.05, 4.69) is 0 Å². The number of aliphatic hydroxyl groups is 2. The molecular formula is C11H13FN2O3. The summed E-state index contributed by atoms with van der Waals surface area (Å²) in [6.07, 6.45) is -1.93. The van der Waals surface area contributed by atoms with Crippen LogP contribution in [0.3, 0.4) is 0 Å². The Morgan fingerprint density at radius 3 is 2.53 bits per heavy atom. The fourth-order valence-corrected chi connectivity index (χ4v) is 1.82. The average Bonchev–Trinajstić information content (AvgIpc) is 2.62. The lowest BCUT2D eigenvalue weighted by molar-refractivity contribution is 0.0572. The Hall–Kier alpha value is -1.66. The second-order valence-electron chi connectivity index (χ2n) is 4.08. The van der Waals surface area contributed by atoms with Crippen LogP contribution in [0.1, 0.15) is 10.4 Å². The van der Waals surface area contributed by atoms with Crippen LogP contribution in [0, 0.1) is 5.82 Å². The third kappa shape index (κ3) is 2.22. The number of anilines is 1. The van der Waals surface area contributed by atoms with Gasteiger partial charge in [-0.05, 0) is 18.2 Å². The van der Waals surface area contributed by atoms with Gasteiger partial charge in [0.05, 0.1) is 17.8 Å². The maximum absolute atomic E-state index is 13.0. The van der Waals surface area contributed by atoms with Crippen LogP contribution in [-0.2, 0) is 0 Å². The van der Waals surface area contributed by atoms with Gasteiger partial charge in [0.15, 0.2) is 0 Å². The minimum Gasteiger partial charge on any atom is -0.398 e. The molecule has 0 aromatic heterocycles. The van der Waals surface area contributed by atoms with Crippen LogP contribution in [0.25, 0.3) is 0 Å². The standard InChI is InChI=1S/C11H13FN2O3/c12-6-1-2-8(13)7(3-6)11(17)14-4-9(15)10(16)5-14/h1-3,9-10,15-16H,4-5,13H2/t9-,10+. The molecule has 17 heavy (non-hydrogen) atoms. The van der Waals surface area contributed by atoms with Crippen molar-refractivity contribution in [2.45, 2.75) is 12.2 Å². The monoisotopic (exact) mass is 240 g/mol. The van der Waals surface area contributed by atoms with Crippen molar-refractivity contribution >= 4 is 11.6 Å². The first kappa shape index (κ1) is 11.8. The summed E-state index contributed by atoms with van der Waals surface area (Å²) in [7, 11) is 0. The lowest BCUT2D eigenvalue weighted by atomic mass is 10.1. The molecule has 0 saturated carbocycles. The Kier molecular flexibility index (Phi) is 2.99. The topological polar surface area (TPSA) is 86.8 Å². The van der Waals surface area contributed by atoms with Crippen LogP contribution in [-0.4, -0.2) is 46.3 Å². The summed E-state index contributed by atoms with van der Waals surface area (Å²) in [5.41, 5.74) is 5.81. The van der Waals surface area contributed by atoms with Gasteiger partial charge in [-0.2, -0.15) is 0 Å². The molecule has 4 N–H and O–H groups in total. The molecule has 0 radical (unpaired) electrons. The van der Waals surface area contributed by atoms with Crippen molar-refractivity contribution in [3.8, 4) is 0 Å². The quantitative estimate of drug-likeness (QED) is 0.582. The van der Waals surface area contributed by atoms with Crippen molar-refractivity contribution < 1.29 is 19.4 Å². The lowest BCUT2D eigenvalue weighted by Crippen LogP contribution is -2.30. The normalized spacial score (nSPS) is 24.1. The number of benzene rings is 1. The number of aliphatic hydroxyl groups excluding tert-OH is 2. The van der Waals surface area contributed by atoms with E-state index >= 15 is 0 Å². The maximum atomic E-state index is 13.0. The Balaban J connectivity index is 2.23. The number of nitrogen functional groups attached to an aromatic ring is 1. The van der Waals surface area contributed by atoms with E-state index in [0.29, 0.717) is 0 Å². The third-order valence-corrected chi connectivity index (χ3v) is 2.79. The average molecular weight is 240 g/mol. The molecule has 1 aromatic carbocycles. The molecule has 6 heteroatoms. The molecule has 0 aliphatic carbocycles. The van der Waals surface area contributed by atoms with E-state index in [1.165, 1.54) is 17.0 Å². The summed E-state index contributed by atoms with van der Waals surface area (Å²) in [6.45, 7) is 0.0475. The van der Waals surface area contributed by atoms with Gasteiger partial charge >= 0.3 is 0 Å². The van der Waals surface area contributed by atoms with E-state index in [1.54, 1.807) is 0 Å². The lowest BCUT2D eigenvalue weighted by Gasteiger charge is -2.16. The number of nitrogens with zero attached hydrogens (tertiary/aromatic N) is 1. The molecule has 2 rings (SSSR count). The fraction of sp³-hybridized carbons (Fsp3) is 0.364. The smallest absolute Gasteiger partial charge is 0.256 e. The minimum atomic E-state index is -0.964. The summed E-state index contributed by atoms with van der Waals surface area (Å²) in [4.78, 5) is 13.2. The van der Waals surface area contributed by atoms with Crippen LogP contribution in [0.15, 0.2) is 18.2 Å². The second kappa shape index (κ2) is 4.31. The van der Waals surface area contributed by atoms with Crippen LogP contribution in [0.4, 0.5) is 10.1 Å². The predicted octanol–water partition coefficient (Wildman–Crippen LogP) is -0.415. The molecule has 1 amide bonds. The van der Waals surface area contributed by atoms with Gasteiger partial charge in [-0.25, -0.2) is 4.39 Å². The first-order valence-electron chi connectivity index (χ1n) is 5.19. The molecule has 1 saturated heterocycles. The minimum absolute atomic E-state index is 0.0238. The Morgan fingerprint density at radius 1 is 1.35 bits per heavy atom. The van der Waals surface area contributed by atoms with E-state index in [9.17, 15) is 19.4 Å². The van der Waals surface area contributed by atoms with Crippen molar-refractivity contribution in [2.75, 3.05) is 18.8 Å². The van der Waals surface area contributed by atoms with E-state index in [-0.39, 0.29) is 24.3 Å². The van der Waals surface area contributed by atoms with Gasteiger partial charge in [0, 0.05) is 18.8 Å². The number of halogens is 1. The van der Waals surface area contributed by atoms with Crippen molar-refractivity contribution in [1.82, 2.24) is 4.90 Å². The molecule has 1 fully saturated rings. The van der Waals surface area contributed by atoms with E-state index in [4.69, 9.17) is 5.73 Å². The number of hydrogen-bond donors (Lipinski definition) is 3. The number of hydrogen-bond acceptors (Lipinski definition) is 4. The SMILES string of the molecule is Nc1ccc(F)cc1C(=O)N1C[C@@H](O)[C@@H](O)C1. The summed E-state index contributed by atoms with van der Waals surface area (Å²) >= 11 is 0. The zero-order chi connectivity index (χ0) is 12.6. The highest BCUT2D eigenvalue weighted by Crippen LogP contribution is 2.19. The molecule has 1 aliphatic heterocycles. The molecule has 2 atom stereocenters. The Morgan fingerprint density at radius 2 is 1.94 bits per heavy atom. The summed E-state index contributed by atoms with van der Waals surface area (Å²) in [5, 5.41) is 18.7. The second-order valence-corrected chi connectivity index (χ2v) is 4.08. The van der Waals surface area contributed by atoms with Gasteiger partial charge in [0.1, 0.15) is 5.82 Å². The zero-order valence-corrected chi connectivity index (χ0v) is 9.01. The number of amides is 1. The number of β-amino-alcohol motifs (C(OH)–C–C–N with tert-alkyl or cyclic N) is 2. The molecule has 0 bridgehead atoms. The van der Waals surface area contributed by atoms with E-state index in [1.807, 2.05) is 0 Å². The van der Waals surface area contributed by atoms with E-state index < -0.39 is 23.9 Å². The molecule has 1 heterocycles. The van der Waals surface area contributed by atoms with Gasteiger partial charge in [0.25, 0.3) is 5.91 Å². The van der Waals surface area contributed by atoms with Gasteiger partial charge < -0.3 is 20.8 Å². The third-order valence-electron chi connectivity index (χ3n) is 2.79. The number of likely N-dealkylation sites (tertiary alicyclic amines) is 1. The first-order valence-corrected chi connectivity index (χ1v) is 5.19. The molecule has 92 valence electrons. The van der Waals surface area contributed by atoms with Gasteiger partial charge in [0.2, 0.25) is 0 Å². The molecule has 1 aliphatic rings. The fourth-order valence-electron chi connectivity index (χ4n) is 1.82. The summed E-state index contributed by atoms with van der Waals surface area (Å²) < 4.78 is 13.0. The molecular weight excluding hydrogens is 227 g/mol. The zero-order valence-electron chi connectivity index (χ0n) is 9.01. The van der Waals surface area contributed by atoms with Crippen molar-refractivity contribution in [1.29, 1.82) is 0 Å². The van der Waals surface area contributed by atoms with Crippen LogP contribution in [0.2, 0.25) is 0 Å². The van der Waals surface area contributed by atoms with Gasteiger partial charge in [-0.3, -0.25) is 4.79 Å². The largest absolute Gasteiger partial charge is 0.398 e. The van der Waals surface area contributed by atoms with Crippen molar-refractivity contribution in [3.05, 3.63) is 29.6 Å². The van der Waals surface area contributed by atoms with E-state index in [0.717, 1.165) is 6.07 Å². The molecule has 0 spiro atoms. The van der Waals surface area contributed by atoms with Gasteiger partial charge in [-0.15, -0.1) is 0 Å².